The van der Waals surface area contributed by atoms with Gasteiger partial charge in [-0.05, 0) is 158 Å². The number of hydrogen-bond donors (Lipinski definition) is 21. The second-order valence-corrected chi connectivity index (χ2v) is 31.5. The van der Waals surface area contributed by atoms with Crippen molar-refractivity contribution in [1.29, 1.82) is 0 Å². The van der Waals surface area contributed by atoms with Gasteiger partial charge in [0.2, 0.25) is 59.3 Å². The summed E-state index contributed by atoms with van der Waals surface area (Å²) in [4.78, 5) is 134. The van der Waals surface area contributed by atoms with Crippen LogP contribution in [0.3, 0.4) is 0 Å². The predicted octanol–water partition coefficient (Wildman–Crippen LogP) is 2.44. The Hall–Kier alpha value is -11.8. The fourth-order valence-electron chi connectivity index (χ4n) is 15.1. The molecule has 0 spiro atoms. The Morgan fingerprint density at radius 2 is 1.35 bits per heavy atom. The number of nitrogens with two attached hydrogens (primary N) is 3. The number of phenols is 3. The Bertz CT molecular complexity index is 5170. The molecule has 0 unspecified atom stereocenters. The van der Waals surface area contributed by atoms with Crippen molar-refractivity contribution in [3.05, 3.63) is 195 Å². The number of fused-ring (bicyclic) bond motifs is 15. The first-order valence-electron chi connectivity index (χ1n) is 39.5. The molecule has 0 aromatic heterocycles. The molecule has 7 aromatic carbocycles. The molecule has 0 aliphatic carbocycles. The Balaban J connectivity index is 1.05. The molecule has 37 nitrogen and oxygen atoms in total. The van der Waals surface area contributed by atoms with Gasteiger partial charge in [-0.2, -0.15) is 0 Å². The Morgan fingerprint density at radius 1 is 0.702 bits per heavy atom. The van der Waals surface area contributed by atoms with Gasteiger partial charge in [0.1, 0.15) is 107 Å². The molecule has 7 aliphatic heterocycles. The Labute approximate surface area is 718 Å². The van der Waals surface area contributed by atoms with Crippen LogP contribution in [0.15, 0.2) is 146 Å². The number of ether oxygens (including phenoxy) is 7. The van der Waals surface area contributed by atoms with Gasteiger partial charge in [0, 0.05) is 35.7 Å². The van der Waals surface area contributed by atoms with Crippen molar-refractivity contribution in [2.24, 2.45) is 17.2 Å². The molecule has 7 heterocycles. The number of nitrogens with one attached hydrogen (secondary N) is 8. The van der Waals surface area contributed by atoms with Crippen molar-refractivity contribution in [3.63, 3.8) is 0 Å². The second kappa shape index (κ2) is 39.8. The van der Waals surface area contributed by atoms with Crippen LogP contribution in [0.2, 0.25) is 10.0 Å². The van der Waals surface area contributed by atoms with E-state index < -0.39 is 260 Å². The lowest BCUT2D eigenvalue weighted by molar-refractivity contribution is -0.334. The molecule has 124 heavy (non-hydrogen) atoms. The van der Waals surface area contributed by atoms with E-state index in [0.29, 0.717) is 30.8 Å². The van der Waals surface area contributed by atoms with Gasteiger partial charge in [-0.1, -0.05) is 89.9 Å². The Kier molecular flexibility index (Phi) is 29.3. The number of carboxylic acid groups (broad SMARTS) is 1. The van der Waals surface area contributed by atoms with Gasteiger partial charge < -0.3 is 144 Å². The lowest BCUT2D eigenvalue weighted by Crippen LogP contribution is -2.65. The molecule has 11 bridgehead atoms. The molecular formula is C85H95Cl2N11O26. The van der Waals surface area contributed by atoms with Crippen LogP contribution in [-0.4, -0.2) is 209 Å². The summed E-state index contributed by atoms with van der Waals surface area (Å²) in [6.45, 7) is 6.64. The largest absolute Gasteiger partial charge is 0.508 e. The van der Waals surface area contributed by atoms with Crippen molar-refractivity contribution < 1.29 is 127 Å². The molecule has 2 saturated heterocycles. The van der Waals surface area contributed by atoms with Gasteiger partial charge in [0.15, 0.2) is 23.9 Å². The molecule has 14 rings (SSSR count). The monoisotopic (exact) mass is 1760 g/mol. The van der Waals surface area contributed by atoms with Crippen LogP contribution in [-0.2, 0) is 70.3 Å². The van der Waals surface area contributed by atoms with Crippen molar-refractivity contribution in [1.82, 2.24) is 42.5 Å². The standard InChI is InChI=1S/C85H95Cl2N11O26/c1-4-5-24-118-46-15-11-14-40(25-46)36-91-85(3)35-62(119-38(2)75(85)108)123-74-72(107)71(106)60(37-99)122-84(74)124-73-58-30-44-31-59(73)121-57-22-19-43(29-50(57)87)70(105)68-82(115)96-66(80(113)92-52(83(116)117)16-9-10-23-88)48-32-45(100)33-55(102)63(48)47-27-41(17-20-54(47)101)64(78(111)98-68)95-79(112)65(44)94-77(110)53(34-61(90)103)93-81(114)67(69(104)42-18-21-56(120-58)49(86)28-42)97-76(109)51(89)26-39-12-7-6-8-13-39/h4,6-8,11-15,17-22,25,27-33,38,51-53,60,62,64-72,74-75,84,91,99-102,104-108H,1,5,9-10,16,23-24,26,34-37,88-89H2,2-3H3,(H2,90,103)(H,92,113)(H,93,114)(H,94,110)(H,95,112)(H,96,115)(H,97,109)(H,98,111)(H,116,117)/t38-,51-,52-,53-,60+,62-,64+,65+,66-,67+,68-,69+,70+,71+,72-,74+,75+,84-,85-/m0/s1. The number of primary amides is 1. The summed E-state index contributed by atoms with van der Waals surface area (Å²) in [7, 11) is 0. The number of hydrogen-bond acceptors (Lipinski definition) is 28. The molecule has 660 valence electrons. The van der Waals surface area contributed by atoms with Gasteiger partial charge in [0.05, 0.1) is 47.9 Å². The molecule has 19 atom stereocenters. The maximum Gasteiger partial charge on any atom is 0.326 e. The highest BCUT2D eigenvalue weighted by molar-refractivity contribution is 6.32. The first kappa shape index (κ1) is 91.4. The van der Waals surface area contributed by atoms with Gasteiger partial charge in [-0.3, -0.25) is 38.4 Å². The van der Waals surface area contributed by atoms with Crippen LogP contribution in [0, 0.1) is 0 Å². The number of benzene rings is 7. The summed E-state index contributed by atoms with van der Waals surface area (Å²) in [5.41, 5.74) is 15.0. The highest BCUT2D eigenvalue weighted by Gasteiger charge is 2.52. The number of aromatic hydroxyl groups is 3. The number of halogens is 2. The maximum absolute atomic E-state index is 16.4. The van der Waals surface area contributed by atoms with Crippen LogP contribution in [0.5, 0.6) is 51.7 Å². The van der Waals surface area contributed by atoms with Gasteiger partial charge in [-0.25, -0.2) is 4.79 Å². The molecule has 2 fully saturated rings. The minimum atomic E-state index is -2.42. The number of unbranched alkanes of at least 4 members (excludes halogenated alkanes) is 1. The highest BCUT2D eigenvalue weighted by atomic mass is 35.5. The zero-order valence-electron chi connectivity index (χ0n) is 66.6. The Morgan fingerprint density at radius 3 is 2.01 bits per heavy atom. The second-order valence-electron chi connectivity index (χ2n) is 30.7. The third kappa shape index (κ3) is 21.0. The molecule has 8 amide bonds. The normalized spacial score (nSPS) is 26.2. The van der Waals surface area contributed by atoms with Crippen molar-refractivity contribution in [2.75, 3.05) is 19.8 Å². The van der Waals surface area contributed by atoms with Crippen LogP contribution in [0.4, 0.5) is 0 Å². The van der Waals surface area contributed by atoms with Crippen LogP contribution in [0.25, 0.3) is 11.1 Å². The number of rotatable bonds is 25. The molecule has 7 aliphatic rings. The van der Waals surface area contributed by atoms with Crippen LogP contribution < -0.4 is 78.7 Å². The molecular weight excluding hydrogens is 1660 g/mol. The lowest BCUT2D eigenvalue weighted by atomic mass is 9.84. The van der Waals surface area contributed by atoms with E-state index >= 15 is 24.0 Å². The number of aliphatic hydroxyl groups is 6. The highest BCUT2D eigenvalue weighted by Crippen LogP contribution is 2.50. The quantitative estimate of drug-likeness (QED) is 0.0289. The number of phenolic OH excluding ortho intramolecular Hbond substituents is 3. The van der Waals surface area contributed by atoms with E-state index in [1.807, 2.05) is 6.07 Å². The maximum atomic E-state index is 16.4. The number of amides is 8. The summed E-state index contributed by atoms with van der Waals surface area (Å²) in [5.74, 6) is -17.1. The van der Waals surface area contributed by atoms with Crippen molar-refractivity contribution in [2.45, 2.75) is 181 Å². The van der Waals surface area contributed by atoms with E-state index in [9.17, 15) is 70.2 Å². The summed E-state index contributed by atoms with van der Waals surface area (Å²) >= 11 is 14.4. The molecule has 0 radical (unpaired) electrons. The first-order valence-corrected chi connectivity index (χ1v) is 40.3. The third-order valence-corrected chi connectivity index (χ3v) is 22.3. The number of aliphatic carboxylic acids is 1. The fraction of sp³-hybridized carbons (Fsp3) is 0.376. The van der Waals surface area contributed by atoms with Crippen molar-refractivity contribution in [3.8, 4) is 62.9 Å². The average Bonchev–Trinajstić information content (AvgIpc) is 0.772. The summed E-state index contributed by atoms with van der Waals surface area (Å²) in [5, 5.41) is 137. The van der Waals surface area contributed by atoms with Crippen LogP contribution >= 0.6 is 23.2 Å². The summed E-state index contributed by atoms with van der Waals surface area (Å²) in [6, 6.07) is 12.4. The average molecular weight is 1760 g/mol. The van der Waals surface area contributed by atoms with E-state index in [2.05, 4.69) is 49.1 Å². The van der Waals surface area contributed by atoms with E-state index in [0.717, 1.165) is 72.3 Å². The smallest absolute Gasteiger partial charge is 0.326 e. The van der Waals surface area contributed by atoms with E-state index in [1.54, 1.807) is 68.5 Å². The van der Waals surface area contributed by atoms with E-state index in [-0.39, 0.29) is 55.6 Å². The van der Waals surface area contributed by atoms with E-state index in [1.165, 1.54) is 12.1 Å². The lowest BCUT2D eigenvalue weighted by Gasteiger charge is -2.48. The number of aliphatic hydroxyl groups excluding tert-OH is 6. The minimum absolute atomic E-state index is 0.109. The minimum Gasteiger partial charge on any atom is -0.508 e. The summed E-state index contributed by atoms with van der Waals surface area (Å²) in [6.07, 6.45) is -16.9. The zero-order valence-corrected chi connectivity index (χ0v) is 68.2. The molecule has 0 saturated carbocycles. The fourth-order valence-corrected chi connectivity index (χ4v) is 15.6. The first-order chi connectivity index (χ1) is 59.1. The van der Waals surface area contributed by atoms with Crippen molar-refractivity contribution >= 4 is 76.4 Å². The summed E-state index contributed by atoms with van der Waals surface area (Å²) < 4.78 is 45.4. The van der Waals surface area contributed by atoms with Gasteiger partial charge >= 0.3 is 5.97 Å². The number of carbonyl (C=O) groups excluding carboxylic acids is 8. The zero-order chi connectivity index (χ0) is 89.3. The topological polar surface area (TPSA) is 595 Å². The van der Waals surface area contributed by atoms with Crippen LogP contribution in [0.1, 0.15) is 122 Å². The van der Waals surface area contributed by atoms with Gasteiger partial charge in [-0.15, -0.1) is 6.58 Å². The number of carboxylic acids is 1. The molecule has 7 aromatic rings. The van der Waals surface area contributed by atoms with E-state index in [4.69, 9.17) is 73.6 Å². The molecule has 39 heteroatoms. The predicted molar refractivity (Wildman–Crippen MR) is 439 cm³/mol. The third-order valence-electron chi connectivity index (χ3n) is 21.8. The van der Waals surface area contributed by atoms with Gasteiger partial charge in [0.25, 0.3) is 0 Å². The molecule has 24 N–H and O–H groups in total. The number of carbonyl (C=O) groups is 9. The SMILES string of the molecule is C=CCCOc1cccc(CN[C@@]2(C)C[C@H](O[C@H]3[C@H](Oc4c5cc6cc4Oc4ccc(cc4Cl)[C@@H](O)[C@@H](NC(=O)[C@@H](N)Cc4ccccc4)C(=O)N[C@@H](CC(N)=O)C(=O)N[C@H]6C(=O)N[C@H]4C(=O)N[C@H](C(=O)N[C@H](C(=O)N[C@@H](CCCCN)C(=O)O)c6cc(O)cc(O)c6-c6cc4ccc6O)[C@H](O)c4ccc(c(Cl)c4)O5)O[C@H](CO)[C@@H](O)[C@@H]3O)O[C@@H](C)[C@H]2O)c1.